The van der Waals surface area contributed by atoms with E-state index in [4.69, 9.17) is 11.6 Å². The molecule has 1 N–H and O–H groups in total. The minimum Gasteiger partial charge on any atom is -0.367 e. The van der Waals surface area contributed by atoms with E-state index in [9.17, 15) is 0 Å². The first-order valence-electron chi connectivity index (χ1n) is 6.23. The third-order valence-corrected chi connectivity index (χ3v) is 4.20. The van der Waals surface area contributed by atoms with Crippen LogP contribution in [0.3, 0.4) is 0 Å². The van der Waals surface area contributed by atoms with Crippen LogP contribution in [0.5, 0.6) is 0 Å². The highest BCUT2D eigenvalue weighted by molar-refractivity contribution is 6.99. The highest BCUT2D eigenvalue weighted by Gasteiger charge is 2.17. The number of anilines is 1. The van der Waals surface area contributed by atoms with Crippen molar-refractivity contribution in [3.8, 4) is 0 Å². The molecule has 1 atom stereocenters. The number of likely N-dealkylation sites (tertiary alicyclic amines) is 1. The van der Waals surface area contributed by atoms with Crippen LogP contribution in [-0.2, 0) is 0 Å². The molecule has 2 rings (SSSR count). The van der Waals surface area contributed by atoms with Crippen LogP contribution < -0.4 is 5.32 Å². The lowest BCUT2D eigenvalue weighted by Crippen LogP contribution is -2.38. The zero-order valence-corrected chi connectivity index (χ0v) is 11.7. The van der Waals surface area contributed by atoms with Crippen LogP contribution >= 0.6 is 23.3 Å². The fourth-order valence-corrected chi connectivity index (χ4v) is 2.95. The number of hydrogen-bond acceptors (Lipinski definition) is 5. The van der Waals surface area contributed by atoms with Crippen LogP contribution in [0.4, 0.5) is 5.82 Å². The van der Waals surface area contributed by atoms with E-state index < -0.39 is 0 Å². The highest BCUT2D eigenvalue weighted by Crippen LogP contribution is 2.18. The molecule has 0 radical (unpaired) electrons. The van der Waals surface area contributed by atoms with Crippen LogP contribution in [0.1, 0.15) is 32.6 Å². The largest absolute Gasteiger partial charge is 0.367 e. The molecule has 0 bridgehead atoms. The molecule has 0 amide bonds. The zero-order chi connectivity index (χ0) is 12.1. The van der Waals surface area contributed by atoms with E-state index in [0.29, 0.717) is 5.15 Å². The van der Waals surface area contributed by atoms with Gasteiger partial charge < -0.3 is 10.2 Å². The second-order valence-electron chi connectivity index (χ2n) is 4.56. The Kier molecular flexibility index (Phi) is 5.00. The number of nitrogens with one attached hydrogen (secondary N) is 1. The monoisotopic (exact) mass is 274 g/mol. The smallest absolute Gasteiger partial charge is 0.186 e. The standard InChI is InChI=1S/C11H19ClN4S/c1-9-5-2-3-7-16(9)8-4-6-13-11-10(12)14-17-15-11/h9H,2-8H2,1H3,(H,13,15). The summed E-state index contributed by atoms with van der Waals surface area (Å²) in [5.41, 5.74) is 0. The van der Waals surface area contributed by atoms with Crippen molar-refractivity contribution in [2.45, 2.75) is 38.6 Å². The maximum Gasteiger partial charge on any atom is 0.186 e. The van der Waals surface area contributed by atoms with Crippen molar-refractivity contribution in [1.29, 1.82) is 0 Å². The second-order valence-corrected chi connectivity index (χ2v) is 5.45. The van der Waals surface area contributed by atoms with Gasteiger partial charge in [0.25, 0.3) is 0 Å². The molecular weight excluding hydrogens is 256 g/mol. The molecule has 1 aliphatic heterocycles. The van der Waals surface area contributed by atoms with Crippen molar-refractivity contribution in [3.63, 3.8) is 0 Å². The van der Waals surface area contributed by atoms with E-state index in [0.717, 1.165) is 43.1 Å². The molecule has 96 valence electrons. The van der Waals surface area contributed by atoms with Crippen LogP contribution in [0.25, 0.3) is 0 Å². The van der Waals surface area contributed by atoms with Gasteiger partial charge in [-0.3, -0.25) is 0 Å². The summed E-state index contributed by atoms with van der Waals surface area (Å²) in [5, 5.41) is 3.71. The highest BCUT2D eigenvalue weighted by atomic mass is 35.5. The molecule has 0 spiro atoms. The lowest BCUT2D eigenvalue weighted by Gasteiger charge is -2.33. The predicted molar refractivity (Wildman–Crippen MR) is 72.9 cm³/mol. The van der Waals surface area contributed by atoms with Gasteiger partial charge in [-0.1, -0.05) is 18.0 Å². The Hall–Kier alpha value is -0.390. The number of aromatic nitrogens is 2. The van der Waals surface area contributed by atoms with Gasteiger partial charge in [0.05, 0.1) is 11.7 Å². The van der Waals surface area contributed by atoms with E-state index in [1.165, 1.54) is 25.8 Å². The molecule has 1 aromatic rings. The molecule has 0 saturated carbocycles. The Morgan fingerprint density at radius 2 is 2.35 bits per heavy atom. The Labute approximate surface area is 112 Å². The fraction of sp³-hybridized carbons (Fsp3) is 0.818. The van der Waals surface area contributed by atoms with Crippen LogP contribution in [0, 0.1) is 0 Å². The Morgan fingerprint density at radius 3 is 3.06 bits per heavy atom. The Bertz CT molecular complexity index is 344. The first-order chi connectivity index (χ1) is 8.27. The second kappa shape index (κ2) is 6.52. The maximum absolute atomic E-state index is 5.85. The number of rotatable bonds is 5. The minimum atomic E-state index is 0.487. The van der Waals surface area contributed by atoms with Gasteiger partial charge in [-0.15, -0.1) is 0 Å². The van der Waals surface area contributed by atoms with Crippen molar-refractivity contribution in [2.75, 3.05) is 25.0 Å². The topological polar surface area (TPSA) is 41.0 Å². The maximum atomic E-state index is 5.85. The summed E-state index contributed by atoms with van der Waals surface area (Å²) in [6.45, 7) is 5.64. The molecule has 1 saturated heterocycles. The van der Waals surface area contributed by atoms with Gasteiger partial charge in [-0.05, 0) is 32.7 Å². The number of hydrogen-bond donors (Lipinski definition) is 1. The first-order valence-corrected chi connectivity index (χ1v) is 7.34. The average molecular weight is 275 g/mol. The number of nitrogens with zero attached hydrogens (tertiary/aromatic N) is 3. The molecule has 17 heavy (non-hydrogen) atoms. The third-order valence-electron chi connectivity index (χ3n) is 3.30. The fourth-order valence-electron chi connectivity index (χ4n) is 2.26. The van der Waals surface area contributed by atoms with Gasteiger partial charge >= 0.3 is 0 Å². The molecule has 1 aromatic heterocycles. The van der Waals surface area contributed by atoms with E-state index in [-0.39, 0.29) is 0 Å². The average Bonchev–Trinajstić information content (AvgIpc) is 2.73. The van der Waals surface area contributed by atoms with Crippen LogP contribution in [-0.4, -0.2) is 39.3 Å². The summed E-state index contributed by atoms with van der Waals surface area (Å²) >= 11 is 7.00. The first kappa shape index (κ1) is 13.1. The molecule has 6 heteroatoms. The lowest BCUT2D eigenvalue weighted by molar-refractivity contribution is 0.160. The molecule has 1 aliphatic rings. The van der Waals surface area contributed by atoms with Crippen molar-refractivity contribution in [3.05, 3.63) is 5.15 Å². The molecule has 1 unspecified atom stereocenters. The molecule has 2 heterocycles. The normalized spacial score (nSPS) is 21.6. The third kappa shape index (κ3) is 3.79. The predicted octanol–water partition coefficient (Wildman–Crippen LogP) is 2.87. The summed E-state index contributed by atoms with van der Waals surface area (Å²) < 4.78 is 8.01. The van der Waals surface area contributed by atoms with E-state index >= 15 is 0 Å². The van der Waals surface area contributed by atoms with E-state index in [2.05, 4.69) is 25.9 Å². The molecule has 4 nitrogen and oxygen atoms in total. The SMILES string of the molecule is CC1CCCCN1CCCNc1nsnc1Cl. The molecule has 1 fully saturated rings. The lowest BCUT2D eigenvalue weighted by atomic mass is 10.0. The molecular formula is C11H19ClN4S. The summed E-state index contributed by atoms with van der Waals surface area (Å²) in [6, 6.07) is 0.744. The summed E-state index contributed by atoms with van der Waals surface area (Å²) in [5.74, 6) is 0.725. The Balaban J connectivity index is 1.64. The van der Waals surface area contributed by atoms with Gasteiger partial charge in [0, 0.05) is 19.1 Å². The summed E-state index contributed by atoms with van der Waals surface area (Å²) in [6.07, 6.45) is 5.20. The van der Waals surface area contributed by atoms with Crippen molar-refractivity contribution >= 4 is 29.1 Å². The van der Waals surface area contributed by atoms with Gasteiger partial charge in [0.15, 0.2) is 11.0 Å². The van der Waals surface area contributed by atoms with Gasteiger partial charge in [-0.25, -0.2) is 0 Å². The van der Waals surface area contributed by atoms with E-state index in [1.807, 2.05) is 0 Å². The Morgan fingerprint density at radius 1 is 1.47 bits per heavy atom. The van der Waals surface area contributed by atoms with Gasteiger partial charge in [0.1, 0.15) is 0 Å². The van der Waals surface area contributed by atoms with Crippen LogP contribution in [0.2, 0.25) is 5.15 Å². The zero-order valence-electron chi connectivity index (χ0n) is 10.2. The summed E-state index contributed by atoms with van der Waals surface area (Å²) in [4.78, 5) is 2.58. The number of halogens is 1. The quantitative estimate of drug-likeness (QED) is 0.839. The van der Waals surface area contributed by atoms with Crippen molar-refractivity contribution in [2.24, 2.45) is 0 Å². The van der Waals surface area contributed by atoms with Crippen molar-refractivity contribution < 1.29 is 0 Å². The van der Waals surface area contributed by atoms with Gasteiger partial charge in [-0.2, -0.15) is 8.75 Å². The minimum absolute atomic E-state index is 0.487. The van der Waals surface area contributed by atoms with E-state index in [1.54, 1.807) is 0 Å². The van der Waals surface area contributed by atoms with Gasteiger partial charge in [0.2, 0.25) is 0 Å². The molecule has 0 aliphatic carbocycles. The van der Waals surface area contributed by atoms with Crippen molar-refractivity contribution in [1.82, 2.24) is 13.6 Å². The van der Waals surface area contributed by atoms with Crippen LogP contribution in [0.15, 0.2) is 0 Å². The molecule has 0 aromatic carbocycles. The summed E-state index contributed by atoms with van der Waals surface area (Å²) in [7, 11) is 0. The number of piperidine rings is 1.